The van der Waals surface area contributed by atoms with E-state index in [1.165, 1.54) is 29.4 Å². The maximum atomic E-state index is 12.7. The maximum absolute atomic E-state index is 12.7. The van der Waals surface area contributed by atoms with Gasteiger partial charge in [-0.3, -0.25) is 9.69 Å². The molecule has 1 aromatic carbocycles. The molecule has 0 N–H and O–H groups in total. The number of piperazine rings is 1. The highest BCUT2D eigenvalue weighted by Gasteiger charge is 2.35. The van der Waals surface area contributed by atoms with Crippen molar-refractivity contribution in [3.05, 3.63) is 33.4 Å². The molecule has 2 aliphatic rings. The molecule has 0 saturated carbocycles. The Balaban J connectivity index is 1.75. The number of carbonyl (C=O) groups excluding carboxylic acids is 1. The largest absolute Gasteiger partial charge is 0.333 e. The minimum absolute atomic E-state index is 0.194. The van der Waals surface area contributed by atoms with Gasteiger partial charge < -0.3 is 4.90 Å². The molecule has 2 saturated heterocycles. The fraction of sp³-hybridized carbons (Fsp3) is 0.562. The van der Waals surface area contributed by atoms with E-state index in [0.717, 1.165) is 18.7 Å². The van der Waals surface area contributed by atoms with Crippen LogP contribution in [0.2, 0.25) is 0 Å². The van der Waals surface area contributed by atoms with Crippen molar-refractivity contribution in [1.82, 2.24) is 9.80 Å². The number of carbonyl (C=O) groups is 1. The second-order valence-electron chi connectivity index (χ2n) is 5.96. The van der Waals surface area contributed by atoms with Crippen LogP contribution in [0.5, 0.6) is 0 Å². The van der Waals surface area contributed by atoms with Crippen LogP contribution in [0.1, 0.15) is 36.5 Å². The molecular weight excluding hydrogens is 363 g/mol. The summed E-state index contributed by atoms with van der Waals surface area (Å²) in [7, 11) is 0. The van der Waals surface area contributed by atoms with E-state index in [1.807, 2.05) is 24.3 Å². The predicted octanol–water partition coefficient (Wildman–Crippen LogP) is 2.99. The van der Waals surface area contributed by atoms with Crippen LogP contribution in [0.15, 0.2) is 24.3 Å². The summed E-state index contributed by atoms with van der Waals surface area (Å²) in [5, 5.41) is 0. The molecule has 0 aromatic heterocycles. The number of fused-ring (bicyclic) bond motifs is 1. The van der Waals surface area contributed by atoms with E-state index >= 15 is 0 Å². The van der Waals surface area contributed by atoms with Crippen LogP contribution in [0.4, 0.5) is 0 Å². The number of hydrogen-bond donors (Lipinski definition) is 0. The number of nitrogens with zero attached hydrogens (tertiary/aromatic N) is 2. The van der Waals surface area contributed by atoms with Crippen molar-refractivity contribution in [2.45, 2.75) is 38.3 Å². The Morgan fingerprint density at radius 3 is 2.70 bits per heavy atom. The number of halogens is 1. The maximum Gasteiger partial charge on any atom is 0.254 e. The molecule has 1 aromatic rings. The average molecular weight is 384 g/mol. The molecule has 2 atom stereocenters. The Bertz CT molecular complexity index is 488. The number of piperidine rings is 1. The van der Waals surface area contributed by atoms with Crippen molar-refractivity contribution >= 4 is 28.5 Å². The zero-order valence-electron chi connectivity index (χ0n) is 11.9. The summed E-state index contributed by atoms with van der Waals surface area (Å²) in [6, 6.07) is 8.81. The van der Waals surface area contributed by atoms with E-state index in [-0.39, 0.29) is 5.91 Å². The summed E-state index contributed by atoms with van der Waals surface area (Å²) in [5.41, 5.74) is 0.821. The van der Waals surface area contributed by atoms with Crippen LogP contribution >= 0.6 is 22.6 Å². The van der Waals surface area contributed by atoms with Crippen LogP contribution in [-0.2, 0) is 0 Å². The van der Waals surface area contributed by atoms with Crippen LogP contribution < -0.4 is 0 Å². The van der Waals surface area contributed by atoms with Gasteiger partial charge in [0, 0.05) is 34.3 Å². The van der Waals surface area contributed by atoms with Gasteiger partial charge in [-0.1, -0.05) is 6.42 Å². The zero-order chi connectivity index (χ0) is 14.1. The smallest absolute Gasteiger partial charge is 0.254 e. The quantitative estimate of drug-likeness (QED) is 0.696. The fourth-order valence-corrected chi connectivity index (χ4v) is 3.75. The number of benzene rings is 1. The van der Waals surface area contributed by atoms with Gasteiger partial charge in [0.2, 0.25) is 0 Å². The Morgan fingerprint density at radius 1 is 1.20 bits per heavy atom. The molecule has 1 amide bonds. The highest BCUT2D eigenvalue weighted by Crippen LogP contribution is 2.25. The van der Waals surface area contributed by atoms with Gasteiger partial charge in [-0.15, -0.1) is 0 Å². The van der Waals surface area contributed by atoms with Crippen molar-refractivity contribution < 1.29 is 4.79 Å². The van der Waals surface area contributed by atoms with Crippen molar-refractivity contribution in [1.29, 1.82) is 0 Å². The minimum atomic E-state index is 0.194. The van der Waals surface area contributed by atoms with Crippen LogP contribution in [0.3, 0.4) is 0 Å². The molecule has 2 heterocycles. The van der Waals surface area contributed by atoms with Crippen molar-refractivity contribution in [2.75, 3.05) is 19.6 Å². The Hall–Kier alpha value is -0.620. The van der Waals surface area contributed by atoms with Gasteiger partial charge in [0.1, 0.15) is 0 Å². The number of amides is 1. The van der Waals surface area contributed by atoms with Gasteiger partial charge in [0.25, 0.3) is 5.91 Å². The Labute approximate surface area is 134 Å². The lowest BCUT2D eigenvalue weighted by molar-refractivity contribution is 0.0151. The molecule has 0 aliphatic carbocycles. The van der Waals surface area contributed by atoms with Gasteiger partial charge in [0.05, 0.1) is 0 Å². The van der Waals surface area contributed by atoms with Crippen molar-refractivity contribution in [3.63, 3.8) is 0 Å². The fourth-order valence-electron chi connectivity index (χ4n) is 3.39. The van der Waals surface area contributed by atoms with E-state index in [2.05, 4.69) is 39.3 Å². The summed E-state index contributed by atoms with van der Waals surface area (Å²) in [6.45, 7) is 5.31. The monoisotopic (exact) mass is 384 g/mol. The van der Waals surface area contributed by atoms with Gasteiger partial charge in [0.15, 0.2) is 0 Å². The first-order chi connectivity index (χ1) is 9.65. The molecule has 0 radical (unpaired) electrons. The lowest BCUT2D eigenvalue weighted by atomic mass is 9.96. The molecule has 2 aliphatic heterocycles. The molecule has 3 nitrogen and oxygen atoms in total. The van der Waals surface area contributed by atoms with E-state index in [0.29, 0.717) is 12.1 Å². The topological polar surface area (TPSA) is 23.6 Å². The molecule has 0 bridgehead atoms. The third kappa shape index (κ3) is 2.86. The van der Waals surface area contributed by atoms with E-state index in [1.54, 1.807) is 0 Å². The summed E-state index contributed by atoms with van der Waals surface area (Å²) >= 11 is 2.27. The summed E-state index contributed by atoms with van der Waals surface area (Å²) in [4.78, 5) is 17.4. The highest BCUT2D eigenvalue weighted by molar-refractivity contribution is 14.1. The highest BCUT2D eigenvalue weighted by atomic mass is 127. The van der Waals surface area contributed by atoms with Crippen LogP contribution in [-0.4, -0.2) is 47.4 Å². The lowest BCUT2D eigenvalue weighted by Gasteiger charge is -2.47. The molecule has 20 heavy (non-hydrogen) atoms. The Kier molecular flexibility index (Phi) is 4.31. The normalized spacial score (nSPS) is 27.2. The lowest BCUT2D eigenvalue weighted by Crippen LogP contribution is -2.60. The van der Waals surface area contributed by atoms with E-state index in [4.69, 9.17) is 0 Å². The second-order valence-corrected chi connectivity index (χ2v) is 7.20. The van der Waals surface area contributed by atoms with Gasteiger partial charge in [-0.2, -0.15) is 0 Å². The summed E-state index contributed by atoms with van der Waals surface area (Å²) in [6.07, 6.45) is 3.86. The molecule has 108 valence electrons. The molecule has 2 fully saturated rings. The summed E-state index contributed by atoms with van der Waals surface area (Å²) < 4.78 is 1.17. The second kappa shape index (κ2) is 6.02. The molecule has 4 heteroatoms. The van der Waals surface area contributed by atoms with E-state index in [9.17, 15) is 4.79 Å². The number of hydrogen-bond acceptors (Lipinski definition) is 2. The first-order valence-corrected chi connectivity index (χ1v) is 8.53. The molecular formula is C16H21IN2O. The Morgan fingerprint density at radius 2 is 1.95 bits per heavy atom. The first-order valence-electron chi connectivity index (χ1n) is 7.46. The van der Waals surface area contributed by atoms with Crippen molar-refractivity contribution in [2.24, 2.45) is 0 Å². The van der Waals surface area contributed by atoms with Gasteiger partial charge in [-0.25, -0.2) is 0 Å². The predicted molar refractivity (Wildman–Crippen MR) is 88.9 cm³/mol. The average Bonchev–Trinajstić information content (AvgIpc) is 2.46. The van der Waals surface area contributed by atoms with Gasteiger partial charge >= 0.3 is 0 Å². The molecule has 3 rings (SSSR count). The van der Waals surface area contributed by atoms with Crippen LogP contribution in [0, 0.1) is 3.57 Å². The minimum Gasteiger partial charge on any atom is -0.333 e. The van der Waals surface area contributed by atoms with Crippen molar-refractivity contribution in [3.8, 4) is 0 Å². The van der Waals surface area contributed by atoms with Gasteiger partial charge in [-0.05, 0) is 73.2 Å². The molecule has 2 unspecified atom stereocenters. The summed E-state index contributed by atoms with van der Waals surface area (Å²) in [5.74, 6) is 0.194. The third-order valence-electron chi connectivity index (χ3n) is 4.54. The SMILES string of the molecule is CC1CN2CCCCC2CN1C(=O)c1ccc(I)cc1. The number of rotatable bonds is 1. The molecule has 0 spiro atoms. The standard InChI is InChI=1S/C16H21IN2O/c1-12-10-18-9-3-2-4-15(18)11-19(12)16(20)13-5-7-14(17)8-6-13/h5-8,12,15H,2-4,9-11H2,1H3. The zero-order valence-corrected chi connectivity index (χ0v) is 14.0. The first kappa shape index (κ1) is 14.3. The third-order valence-corrected chi connectivity index (χ3v) is 5.26. The van der Waals surface area contributed by atoms with Crippen LogP contribution in [0.25, 0.3) is 0 Å². The van der Waals surface area contributed by atoms with E-state index < -0.39 is 0 Å².